The number of rotatable bonds is 4. The second kappa shape index (κ2) is 5.50. The zero-order chi connectivity index (χ0) is 11.3. The standard InChI is InChI=1S/C10H11BrN2O2/c1-12-9-5-4-8(3-2-6-11)7-10(9)13(14)15/h2-5,7,12H,6H2,1H3. The summed E-state index contributed by atoms with van der Waals surface area (Å²) in [5.74, 6) is 0. The zero-order valence-corrected chi connectivity index (χ0v) is 9.82. The van der Waals surface area contributed by atoms with Gasteiger partial charge in [0.15, 0.2) is 0 Å². The zero-order valence-electron chi connectivity index (χ0n) is 8.24. The lowest BCUT2D eigenvalue weighted by Crippen LogP contribution is -1.96. The number of hydrogen-bond donors (Lipinski definition) is 1. The van der Waals surface area contributed by atoms with Crippen LogP contribution in [0.5, 0.6) is 0 Å². The van der Waals surface area contributed by atoms with Gasteiger partial charge in [-0.3, -0.25) is 10.1 Å². The van der Waals surface area contributed by atoms with E-state index in [2.05, 4.69) is 21.2 Å². The number of nitro groups is 1. The van der Waals surface area contributed by atoms with Gasteiger partial charge < -0.3 is 5.32 Å². The van der Waals surface area contributed by atoms with Gasteiger partial charge in [-0.1, -0.05) is 34.1 Å². The number of alkyl halides is 1. The second-order valence-corrected chi connectivity index (χ2v) is 3.49. The molecule has 15 heavy (non-hydrogen) atoms. The van der Waals surface area contributed by atoms with Crippen molar-refractivity contribution in [2.24, 2.45) is 0 Å². The predicted molar refractivity (Wildman–Crippen MR) is 65.5 cm³/mol. The molecule has 0 saturated heterocycles. The fourth-order valence-corrected chi connectivity index (χ4v) is 1.38. The number of nitrogens with one attached hydrogen (secondary N) is 1. The quantitative estimate of drug-likeness (QED) is 0.520. The Labute approximate surface area is 96.3 Å². The maximum Gasteiger partial charge on any atom is 0.292 e. The van der Waals surface area contributed by atoms with Gasteiger partial charge in [0.05, 0.1) is 4.92 Å². The average Bonchev–Trinajstić information content (AvgIpc) is 2.25. The highest BCUT2D eigenvalue weighted by atomic mass is 79.9. The molecular formula is C10H11BrN2O2. The molecule has 0 atom stereocenters. The van der Waals surface area contributed by atoms with Crippen LogP contribution >= 0.6 is 15.9 Å². The predicted octanol–water partition coefficient (Wildman–Crippen LogP) is 3.04. The summed E-state index contributed by atoms with van der Waals surface area (Å²) < 4.78 is 0. The van der Waals surface area contributed by atoms with Crippen LogP contribution in [0.3, 0.4) is 0 Å². The molecule has 0 saturated carbocycles. The third-order valence-corrected chi connectivity index (χ3v) is 2.26. The summed E-state index contributed by atoms with van der Waals surface area (Å²) in [6.07, 6.45) is 3.72. The number of benzene rings is 1. The van der Waals surface area contributed by atoms with Crippen molar-refractivity contribution < 1.29 is 4.92 Å². The van der Waals surface area contributed by atoms with E-state index in [0.29, 0.717) is 5.69 Å². The van der Waals surface area contributed by atoms with Crippen LogP contribution in [0.15, 0.2) is 24.3 Å². The van der Waals surface area contributed by atoms with E-state index in [0.717, 1.165) is 10.9 Å². The van der Waals surface area contributed by atoms with Gasteiger partial charge in [-0.05, 0) is 11.6 Å². The minimum absolute atomic E-state index is 0.0919. The van der Waals surface area contributed by atoms with Crippen molar-refractivity contribution >= 4 is 33.4 Å². The molecule has 0 fully saturated rings. The van der Waals surface area contributed by atoms with Gasteiger partial charge in [0.2, 0.25) is 0 Å². The summed E-state index contributed by atoms with van der Waals surface area (Å²) in [7, 11) is 1.66. The lowest BCUT2D eigenvalue weighted by molar-refractivity contribution is -0.383. The van der Waals surface area contributed by atoms with E-state index in [1.54, 1.807) is 19.2 Å². The van der Waals surface area contributed by atoms with Crippen LogP contribution in [0, 0.1) is 10.1 Å². The number of allylic oxidation sites excluding steroid dienone is 1. The Morgan fingerprint density at radius 3 is 2.87 bits per heavy atom. The Hall–Kier alpha value is -1.36. The Bertz CT molecular complexity index is 391. The number of hydrogen-bond acceptors (Lipinski definition) is 3. The minimum Gasteiger partial charge on any atom is -0.383 e. The molecule has 0 radical (unpaired) electrons. The van der Waals surface area contributed by atoms with E-state index in [1.807, 2.05) is 18.2 Å². The molecule has 0 amide bonds. The Kier molecular flexibility index (Phi) is 4.30. The maximum atomic E-state index is 10.7. The first kappa shape index (κ1) is 11.7. The van der Waals surface area contributed by atoms with Crippen molar-refractivity contribution in [1.29, 1.82) is 0 Å². The van der Waals surface area contributed by atoms with Crippen LogP contribution in [0.1, 0.15) is 5.56 Å². The van der Waals surface area contributed by atoms with E-state index in [-0.39, 0.29) is 5.69 Å². The van der Waals surface area contributed by atoms with Gasteiger partial charge >= 0.3 is 0 Å². The van der Waals surface area contributed by atoms with Crippen LogP contribution in [0.25, 0.3) is 6.08 Å². The molecule has 0 unspecified atom stereocenters. The molecule has 0 heterocycles. The summed E-state index contributed by atoms with van der Waals surface area (Å²) in [5.41, 5.74) is 1.44. The van der Waals surface area contributed by atoms with Crippen molar-refractivity contribution in [3.63, 3.8) is 0 Å². The smallest absolute Gasteiger partial charge is 0.292 e. The van der Waals surface area contributed by atoms with Gasteiger partial charge in [-0.15, -0.1) is 0 Å². The lowest BCUT2D eigenvalue weighted by Gasteiger charge is -2.02. The average molecular weight is 271 g/mol. The summed E-state index contributed by atoms with van der Waals surface area (Å²) in [5, 5.41) is 14.3. The summed E-state index contributed by atoms with van der Waals surface area (Å²) in [4.78, 5) is 10.3. The summed E-state index contributed by atoms with van der Waals surface area (Å²) in [6.45, 7) is 0. The van der Waals surface area contributed by atoms with Crippen LogP contribution < -0.4 is 5.32 Å². The van der Waals surface area contributed by atoms with Crippen LogP contribution in [-0.4, -0.2) is 17.3 Å². The van der Waals surface area contributed by atoms with Gasteiger partial charge in [0, 0.05) is 18.4 Å². The SMILES string of the molecule is CNc1ccc(C=CCBr)cc1[N+](=O)[O-]. The fraction of sp³-hybridized carbons (Fsp3) is 0.200. The fourth-order valence-electron chi connectivity index (χ4n) is 1.20. The molecule has 5 heteroatoms. The molecule has 4 nitrogen and oxygen atoms in total. The largest absolute Gasteiger partial charge is 0.383 e. The van der Waals surface area contributed by atoms with E-state index < -0.39 is 4.92 Å². The molecule has 1 N–H and O–H groups in total. The Morgan fingerprint density at radius 2 is 2.33 bits per heavy atom. The van der Waals surface area contributed by atoms with Crippen LogP contribution in [0.2, 0.25) is 0 Å². The summed E-state index contributed by atoms with van der Waals surface area (Å²) in [6, 6.07) is 5.08. The first-order valence-electron chi connectivity index (χ1n) is 4.37. The van der Waals surface area contributed by atoms with Crippen molar-refractivity contribution in [2.75, 3.05) is 17.7 Å². The molecule has 1 aromatic carbocycles. The molecule has 0 spiro atoms. The van der Waals surface area contributed by atoms with Crippen molar-refractivity contribution in [3.8, 4) is 0 Å². The highest BCUT2D eigenvalue weighted by Gasteiger charge is 2.11. The highest BCUT2D eigenvalue weighted by molar-refractivity contribution is 9.09. The number of nitro benzene ring substituents is 1. The lowest BCUT2D eigenvalue weighted by atomic mass is 10.1. The third-order valence-electron chi connectivity index (χ3n) is 1.89. The first-order chi connectivity index (χ1) is 7.19. The number of anilines is 1. The monoisotopic (exact) mass is 270 g/mol. The van der Waals surface area contributed by atoms with Gasteiger partial charge in [-0.2, -0.15) is 0 Å². The molecule has 0 bridgehead atoms. The molecule has 80 valence electrons. The highest BCUT2D eigenvalue weighted by Crippen LogP contribution is 2.25. The minimum atomic E-state index is -0.392. The van der Waals surface area contributed by atoms with Gasteiger partial charge in [0.1, 0.15) is 5.69 Å². The second-order valence-electron chi connectivity index (χ2n) is 2.84. The maximum absolute atomic E-state index is 10.7. The third kappa shape index (κ3) is 3.06. The van der Waals surface area contributed by atoms with Gasteiger partial charge in [0.25, 0.3) is 5.69 Å². The van der Waals surface area contributed by atoms with Crippen molar-refractivity contribution in [3.05, 3.63) is 40.0 Å². The van der Waals surface area contributed by atoms with E-state index in [1.165, 1.54) is 0 Å². The van der Waals surface area contributed by atoms with Crippen LogP contribution in [-0.2, 0) is 0 Å². The summed E-state index contributed by atoms with van der Waals surface area (Å²) >= 11 is 3.25. The molecule has 1 rings (SSSR count). The molecule has 0 aliphatic rings. The first-order valence-corrected chi connectivity index (χ1v) is 5.50. The Balaban J connectivity index is 3.10. The molecule has 0 aliphatic carbocycles. The number of nitrogens with zero attached hydrogens (tertiary/aromatic N) is 1. The molecule has 0 aliphatic heterocycles. The molecule has 1 aromatic rings. The van der Waals surface area contributed by atoms with Crippen molar-refractivity contribution in [2.45, 2.75) is 0 Å². The molecule has 0 aromatic heterocycles. The Morgan fingerprint density at radius 1 is 1.60 bits per heavy atom. The van der Waals surface area contributed by atoms with E-state index >= 15 is 0 Å². The normalized spacial score (nSPS) is 10.5. The van der Waals surface area contributed by atoms with E-state index in [9.17, 15) is 10.1 Å². The topological polar surface area (TPSA) is 55.2 Å². The van der Waals surface area contributed by atoms with Crippen molar-refractivity contribution in [1.82, 2.24) is 0 Å². The molecular weight excluding hydrogens is 260 g/mol. The number of halogens is 1. The van der Waals surface area contributed by atoms with Crippen LogP contribution in [0.4, 0.5) is 11.4 Å². The van der Waals surface area contributed by atoms with Gasteiger partial charge in [-0.25, -0.2) is 0 Å². The van der Waals surface area contributed by atoms with E-state index in [4.69, 9.17) is 0 Å².